The third-order valence-electron chi connectivity index (χ3n) is 1.44. The van der Waals surface area contributed by atoms with E-state index in [1.54, 1.807) is 20.8 Å². The Morgan fingerprint density at radius 2 is 1.94 bits per heavy atom. The minimum absolute atomic E-state index is 0. The molecule has 0 fully saturated rings. The number of hydrogen-bond acceptors (Lipinski definition) is 4. The van der Waals surface area contributed by atoms with Crippen LogP contribution >= 0.6 is 12.4 Å². The van der Waals surface area contributed by atoms with Crippen LogP contribution in [0.1, 0.15) is 27.2 Å². The molecule has 7 heteroatoms. The average Bonchev–Trinajstić information content (AvgIpc) is 1.99. The molecule has 0 aromatic carbocycles. The Hall–Kier alpha value is -1.01. The second kappa shape index (κ2) is 7.29. The lowest BCUT2D eigenvalue weighted by Gasteiger charge is -2.21. The van der Waals surface area contributed by atoms with E-state index in [4.69, 9.17) is 15.6 Å². The summed E-state index contributed by atoms with van der Waals surface area (Å²) >= 11 is 0. The van der Waals surface area contributed by atoms with Gasteiger partial charge in [0.25, 0.3) is 0 Å². The van der Waals surface area contributed by atoms with Crippen LogP contribution in [0.25, 0.3) is 0 Å². The Morgan fingerprint density at radius 3 is 2.25 bits per heavy atom. The number of hydrogen-bond donors (Lipinski definition) is 3. The molecule has 0 bridgehead atoms. The third kappa shape index (κ3) is 8.31. The van der Waals surface area contributed by atoms with Gasteiger partial charge in [-0.05, 0) is 33.7 Å². The summed E-state index contributed by atoms with van der Waals surface area (Å²) in [5, 5.41) is 11.0. The van der Waals surface area contributed by atoms with E-state index in [0.717, 1.165) is 0 Å². The molecule has 0 rings (SSSR count). The first-order valence-corrected chi connectivity index (χ1v) is 4.68. The quantitative estimate of drug-likeness (QED) is 0.687. The van der Waals surface area contributed by atoms with Crippen molar-refractivity contribution in [2.75, 3.05) is 6.54 Å². The second-order valence-electron chi connectivity index (χ2n) is 4.11. The third-order valence-corrected chi connectivity index (χ3v) is 1.44. The number of amides is 1. The zero-order valence-corrected chi connectivity index (χ0v) is 10.5. The van der Waals surface area contributed by atoms with Crippen LogP contribution in [-0.2, 0) is 9.53 Å². The summed E-state index contributed by atoms with van der Waals surface area (Å²) in [5.41, 5.74) is 4.57. The molecule has 0 aliphatic carbocycles. The normalized spacial score (nSPS) is 12.2. The average molecular weight is 255 g/mol. The van der Waals surface area contributed by atoms with Gasteiger partial charge in [-0.25, -0.2) is 9.59 Å². The molecule has 1 amide bonds. The molecule has 0 saturated heterocycles. The molecule has 1 atom stereocenters. The van der Waals surface area contributed by atoms with E-state index in [-0.39, 0.29) is 25.4 Å². The lowest BCUT2D eigenvalue weighted by Crippen LogP contribution is -2.44. The van der Waals surface area contributed by atoms with Crippen molar-refractivity contribution in [2.45, 2.75) is 38.8 Å². The summed E-state index contributed by atoms with van der Waals surface area (Å²) in [4.78, 5) is 21.9. The molecule has 16 heavy (non-hydrogen) atoms. The summed E-state index contributed by atoms with van der Waals surface area (Å²) in [6.45, 7) is 5.29. The predicted molar refractivity (Wildman–Crippen MR) is 61.7 cm³/mol. The highest BCUT2D eigenvalue weighted by atomic mass is 35.5. The number of halogens is 1. The lowest BCUT2D eigenvalue weighted by molar-refractivity contribution is -0.139. The van der Waals surface area contributed by atoms with Crippen molar-refractivity contribution in [3.05, 3.63) is 0 Å². The number of ether oxygens (including phenoxy) is 1. The van der Waals surface area contributed by atoms with Gasteiger partial charge in [0.15, 0.2) is 0 Å². The molecule has 96 valence electrons. The standard InChI is InChI=1S/C9H18N2O4.ClH/c1-9(2,3)15-8(14)11-6(4-5-10)7(12)13;/h6H,4-5,10H2,1-3H3,(H,11,14)(H,12,13);1H. The molecule has 0 aromatic heterocycles. The summed E-state index contributed by atoms with van der Waals surface area (Å²) in [6, 6.07) is -0.996. The maximum atomic E-state index is 11.2. The molecular formula is C9H19ClN2O4. The Balaban J connectivity index is 0. The Bertz CT molecular complexity index is 240. The molecule has 4 N–H and O–H groups in total. The van der Waals surface area contributed by atoms with Crippen molar-refractivity contribution in [3.63, 3.8) is 0 Å². The van der Waals surface area contributed by atoms with Gasteiger partial charge in [-0.15, -0.1) is 12.4 Å². The molecule has 0 heterocycles. The number of carbonyl (C=O) groups is 2. The van der Waals surface area contributed by atoms with E-state index in [9.17, 15) is 9.59 Å². The highest BCUT2D eigenvalue weighted by molar-refractivity contribution is 5.85. The van der Waals surface area contributed by atoms with Gasteiger partial charge in [-0.1, -0.05) is 0 Å². The van der Waals surface area contributed by atoms with Gasteiger partial charge in [0.1, 0.15) is 11.6 Å². The number of aliphatic carboxylic acids is 1. The second-order valence-corrected chi connectivity index (χ2v) is 4.11. The van der Waals surface area contributed by atoms with Crippen molar-refractivity contribution < 1.29 is 19.4 Å². The SMILES string of the molecule is CC(C)(C)OC(=O)NC(CCN)C(=O)O.Cl. The number of carbonyl (C=O) groups excluding carboxylic acids is 1. The number of nitrogens with two attached hydrogens (primary N) is 1. The van der Waals surface area contributed by atoms with E-state index in [2.05, 4.69) is 5.32 Å². The van der Waals surface area contributed by atoms with E-state index in [1.807, 2.05) is 0 Å². The van der Waals surface area contributed by atoms with Crippen LogP contribution in [0.5, 0.6) is 0 Å². The van der Waals surface area contributed by atoms with E-state index >= 15 is 0 Å². The number of rotatable bonds is 4. The first-order chi connectivity index (χ1) is 6.76. The van der Waals surface area contributed by atoms with Crippen LogP contribution in [0.2, 0.25) is 0 Å². The first-order valence-electron chi connectivity index (χ1n) is 4.68. The zero-order valence-electron chi connectivity index (χ0n) is 9.65. The Kier molecular flexibility index (Phi) is 7.93. The molecule has 0 saturated carbocycles. The van der Waals surface area contributed by atoms with Crippen molar-refractivity contribution in [2.24, 2.45) is 5.73 Å². The molecule has 1 unspecified atom stereocenters. The fraction of sp³-hybridized carbons (Fsp3) is 0.778. The van der Waals surface area contributed by atoms with Crippen LogP contribution < -0.4 is 11.1 Å². The molecule has 6 nitrogen and oxygen atoms in total. The number of carboxylic acid groups (broad SMARTS) is 1. The topological polar surface area (TPSA) is 102 Å². The summed E-state index contributed by atoms with van der Waals surface area (Å²) in [5.74, 6) is -1.12. The van der Waals surface area contributed by atoms with Gasteiger partial charge in [0, 0.05) is 0 Å². The number of carboxylic acids is 1. The molecule has 0 spiro atoms. The molecule has 0 aliphatic rings. The molecule has 0 aliphatic heterocycles. The fourth-order valence-electron chi connectivity index (χ4n) is 0.874. The number of nitrogens with one attached hydrogen (secondary N) is 1. The van der Waals surface area contributed by atoms with Gasteiger partial charge in [0.05, 0.1) is 0 Å². The van der Waals surface area contributed by atoms with Gasteiger partial charge in [-0.3, -0.25) is 0 Å². The van der Waals surface area contributed by atoms with Crippen LogP contribution in [0, 0.1) is 0 Å². The molecule has 0 radical (unpaired) electrons. The summed E-state index contributed by atoms with van der Waals surface area (Å²) in [7, 11) is 0. The van der Waals surface area contributed by atoms with Gasteiger partial charge in [-0.2, -0.15) is 0 Å². The van der Waals surface area contributed by atoms with E-state index in [1.165, 1.54) is 0 Å². The van der Waals surface area contributed by atoms with Crippen molar-refractivity contribution in [1.29, 1.82) is 0 Å². The smallest absolute Gasteiger partial charge is 0.408 e. The van der Waals surface area contributed by atoms with Crippen LogP contribution in [0.4, 0.5) is 4.79 Å². The molecular weight excluding hydrogens is 236 g/mol. The van der Waals surface area contributed by atoms with Crippen LogP contribution in [0.15, 0.2) is 0 Å². The van der Waals surface area contributed by atoms with Gasteiger partial charge >= 0.3 is 12.1 Å². The van der Waals surface area contributed by atoms with E-state index in [0.29, 0.717) is 0 Å². The van der Waals surface area contributed by atoms with E-state index < -0.39 is 23.7 Å². The maximum Gasteiger partial charge on any atom is 0.408 e. The van der Waals surface area contributed by atoms with Gasteiger partial charge < -0.3 is 20.9 Å². The summed E-state index contributed by atoms with van der Waals surface area (Å²) in [6.07, 6.45) is -0.572. The first kappa shape index (κ1) is 17.4. The Morgan fingerprint density at radius 1 is 1.44 bits per heavy atom. The van der Waals surface area contributed by atoms with Gasteiger partial charge in [0.2, 0.25) is 0 Å². The monoisotopic (exact) mass is 254 g/mol. The Labute approximate surface area is 101 Å². The highest BCUT2D eigenvalue weighted by Gasteiger charge is 2.22. The maximum absolute atomic E-state index is 11.2. The highest BCUT2D eigenvalue weighted by Crippen LogP contribution is 2.07. The number of alkyl carbamates (subject to hydrolysis) is 1. The fourth-order valence-corrected chi connectivity index (χ4v) is 0.874. The lowest BCUT2D eigenvalue weighted by atomic mass is 10.2. The van der Waals surface area contributed by atoms with Crippen LogP contribution in [-0.4, -0.2) is 35.4 Å². The predicted octanol–water partition coefficient (Wildman–Crippen LogP) is 0.735. The minimum Gasteiger partial charge on any atom is -0.480 e. The zero-order chi connectivity index (χ0) is 12.1. The summed E-state index contributed by atoms with van der Waals surface area (Å²) < 4.78 is 4.91. The largest absolute Gasteiger partial charge is 0.480 e. The molecule has 0 aromatic rings. The minimum atomic E-state index is -1.12. The van der Waals surface area contributed by atoms with Crippen molar-refractivity contribution in [1.82, 2.24) is 5.32 Å². The van der Waals surface area contributed by atoms with Crippen LogP contribution in [0.3, 0.4) is 0 Å². The van der Waals surface area contributed by atoms with Crippen molar-refractivity contribution in [3.8, 4) is 0 Å². The van der Waals surface area contributed by atoms with Crippen molar-refractivity contribution >= 4 is 24.5 Å².